The predicted molar refractivity (Wildman–Crippen MR) is 85.7 cm³/mol. The lowest BCUT2D eigenvalue weighted by atomic mass is 10.1. The Morgan fingerprint density at radius 3 is 2.73 bits per heavy atom. The van der Waals surface area contributed by atoms with Crippen molar-refractivity contribution < 1.29 is 9.59 Å². The molecule has 22 heavy (non-hydrogen) atoms. The standard InChI is InChI=1S/C17H19N3O2/c1-3-4-9-20-17(22)14(16(21)19(20)2)10-12-11-18-15-8-6-5-7-13(12)15/h5-8,10-11,18H,3-4,9H2,1-2H3/b14-10+. The van der Waals surface area contributed by atoms with Crippen LogP contribution in [0.4, 0.5) is 0 Å². The second-order valence-electron chi connectivity index (χ2n) is 5.46. The number of amides is 2. The van der Waals surface area contributed by atoms with E-state index < -0.39 is 0 Å². The van der Waals surface area contributed by atoms with Gasteiger partial charge >= 0.3 is 0 Å². The first kappa shape index (κ1) is 14.4. The molecule has 2 amide bonds. The van der Waals surface area contributed by atoms with Crippen LogP contribution in [0.1, 0.15) is 25.3 Å². The molecular weight excluding hydrogens is 278 g/mol. The molecule has 2 heterocycles. The fraction of sp³-hybridized carbons (Fsp3) is 0.294. The Morgan fingerprint density at radius 1 is 1.18 bits per heavy atom. The molecule has 0 unspecified atom stereocenters. The van der Waals surface area contributed by atoms with Gasteiger partial charge in [-0.05, 0) is 18.6 Å². The Balaban J connectivity index is 1.97. The molecule has 0 atom stereocenters. The summed E-state index contributed by atoms with van der Waals surface area (Å²) >= 11 is 0. The van der Waals surface area contributed by atoms with Crippen LogP contribution >= 0.6 is 0 Å². The van der Waals surface area contributed by atoms with Gasteiger partial charge in [-0.3, -0.25) is 14.6 Å². The van der Waals surface area contributed by atoms with E-state index in [0.717, 1.165) is 29.3 Å². The number of aromatic amines is 1. The van der Waals surface area contributed by atoms with E-state index in [0.29, 0.717) is 6.54 Å². The van der Waals surface area contributed by atoms with Crippen LogP contribution in [0, 0.1) is 0 Å². The average Bonchev–Trinajstić information content (AvgIpc) is 3.02. The maximum Gasteiger partial charge on any atom is 0.278 e. The van der Waals surface area contributed by atoms with E-state index in [-0.39, 0.29) is 17.4 Å². The zero-order valence-corrected chi connectivity index (χ0v) is 12.8. The van der Waals surface area contributed by atoms with E-state index >= 15 is 0 Å². The second kappa shape index (κ2) is 5.67. The minimum absolute atomic E-state index is 0.216. The summed E-state index contributed by atoms with van der Waals surface area (Å²) in [5.74, 6) is -0.461. The maximum atomic E-state index is 12.5. The highest BCUT2D eigenvalue weighted by Crippen LogP contribution is 2.25. The van der Waals surface area contributed by atoms with Crippen molar-refractivity contribution in [2.45, 2.75) is 19.8 Å². The van der Waals surface area contributed by atoms with Crippen molar-refractivity contribution in [3.8, 4) is 0 Å². The Kier molecular flexibility index (Phi) is 3.71. The summed E-state index contributed by atoms with van der Waals surface area (Å²) in [6.07, 6.45) is 5.37. The topological polar surface area (TPSA) is 56.4 Å². The summed E-state index contributed by atoms with van der Waals surface area (Å²) in [4.78, 5) is 28.0. The molecule has 114 valence electrons. The van der Waals surface area contributed by atoms with E-state index in [1.807, 2.05) is 30.5 Å². The lowest BCUT2D eigenvalue weighted by Crippen LogP contribution is -2.38. The van der Waals surface area contributed by atoms with Crippen molar-refractivity contribution in [3.63, 3.8) is 0 Å². The van der Waals surface area contributed by atoms with Crippen molar-refractivity contribution in [2.75, 3.05) is 13.6 Å². The molecule has 5 nitrogen and oxygen atoms in total. The third-order valence-corrected chi connectivity index (χ3v) is 4.00. The maximum absolute atomic E-state index is 12.5. The van der Waals surface area contributed by atoms with Crippen LogP contribution in [-0.2, 0) is 9.59 Å². The highest BCUT2D eigenvalue weighted by Gasteiger charge is 2.38. The number of aromatic nitrogens is 1. The van der Waals surface area contributed by atoms with Crippen LogP contribution in [0.5, 0.6) is 0 Å². The van der Waals surface area contributed by atoms with Crippen molar-refractivity contribution in [1.29, 1.82) is 0 Å². The number of fused-ring (bicyclic) bond motifs is 1. The Hall–Kier alpha value is -2.56. The van der Waals surface area contributed by atoms with E-state index in [4.69, 9.17) is 0 Å². The van der Waals surface area contributed by atoms with Gasteiger partial charge in [-0.15, -0.1) is 0 Å². The molecule has 1 aromatic heterocycles. The quantitative estimate of drug-likeness (QED) is 0.696. The second-order valence-corrected chi connectivity index (χ2v) is 5.46. The molecule has 3 rings (SSSR count). The Labute approximate surface area is 129 Å². The van der Waals surface area contributed by atoms with Gasteiger partial charge in [0.25, 0.3) is 11.8 Å². The number of carbonyl (C=O) groups is 2. The zero-order valence-electron chi connectivity index (χ0n) is 12.8. The zero-order chi connectivity index (χ0) is 15.7. The van der Waals surface area contributed by atoms with Gasteiger partial charge in [0.15, 0.2) is 0 Å². The number of nitrogens with zero attached hydrogens (tertiary/aromatic N) is 2. The van der Waals surface area contributed by atoms with Crippen molar-refractivity contribution in [2.24, 2.45) is 0 Å². The molecule has 0 radical (unpaired) electrons. The first-order valence-electron chi connectivity index (χ1n) is 7.51. The SMILES string of the molecule is CCCCN1C(=O)/C(=C/c2c[nH]c3ccccc23)C(=O)N1C. The summed E-state index contributed by atoms with van der Waals surface area (Å²) in [6.45, 7) is 2.63. The normalized spacial score (nSPS) is 17.3. The molecule has 1 fully saturated rings. The van der Waals surface area contributed by atoms with Gasteiger partial charge in [0.1, 0.15) is 5.57 Å². The number of unbranched alkanes of at least 4 members (excludes halogenated alkanes) is 1. The van der Waals surface area contributed by atoms with E-state index in [1.54, 1.807) is 13.1 Å². The third kappa shape index (κ3) is 2.28. The molecule has 1 N–H and O–H groups in total. The van der Waals surface area contributed by atoms with Gasteiger partial charge in [-0.1, -0.05) is 31.5 Å². The smallest absolute Gasteiger partial charge is 0.278 e. The number of likely N-dealkylation sites (N-methyl/N-ethyl adjacent to an activating group) is 1. The fourth-order valence-electron chi connectivity index (χ4n) is 2.70. The van der Waals surface area contributed by atoms with Crippen LogP contribution in [0.25, 0.3) is 17.0 Å². The van der Waals surface area contributed by atoms with Crippen molar-refractivity contribution >= 4 is 28.8 Å². The Morgan fingerprint density at radius 2 is 1.95 bits per heavy atom. The first-order valence-corrected chi connectivity index (χ1v) is 7.51. The number of benzene rings is 1. The highest BCUT2D eigenvalue weighted by atomic mass is 16.2. The van der Waals surface area contributed by atoms with E-state index in [2.05, 4.69) is 11.9 Å². The largest absolute Gasteiger partial charge is 0.361 e. The van der Waals surface area contributed by atoms with Crippen LogP contribution in [0.2, 0.25) is 0 Å². The molecule has 0 saturated carbocycles. The number of carbonyl (C=O) groups excluding carboxylic acids is 2. The molecule has 1 aromatic carbocycles. The summed E-state index contributed by atoms with van der Waals surface area (Å²) in [6, 6.07) is 7.83. The molecule has 0 spiro atoms. The van der Waals surface area contributed by atoms with Gasteiger partial charge in [-0.2, -0.15) is 0 Å². The predicted octanol–water partition coefficient (Wildman–Crippen LogP) is 2.57. The van der Waals surface area contributed by atoms with Crippen LogP contribution in [-0.4, -0.2) is 40.4 Å². The molecule has 1 saturated heterocycles. The van der Waals surface area contributed by atoms with Gasteiger partial charge in [0, 0.05) is 36.3 Å². The van der Waals surface area contributed by atoms with E-state index in [9.17, 15) is 9.59 Å². The molecule has 2 aromatic rings. The van der Waals surface area contributed by atoms with Gasteiger partial charge in [0.2, 0.25) is 0 Å². The number of nitrogens with one attached hydrogen (secondary N) is 1. The third-order valence-electron chi connectivity index (χ3n) is 4.00. The molecule has 0 bridgehead atoms. The number of hydrogen-bond donors (Lipinski definition) is 1. The van der Waals surface area contributed by atoms with Crippen molar-refractivity contribution in [1.82, 2.24) is 15.0 Å². The minimum atomic E-state index is -0.244. The fourth-order valence-corrected chi connectivity index (χ4v) is 2.70. The molecule has 5 heteroatoms. The highest BCUT2D eigenvalue weighted by molar-refractivity contribution is 6.25. The van der Waals surface area contributed by atoms with E-state index in [1.165, 1.54) is 10.0 Å². The molecule has 1 aliphatic rings. The average molecular weight is 297 g/mol. The van der Waals surface area contributed by atoms with Crippen LogP contribution < -0.4 is 0 Å². The number of hydrogen-bond acceptors (Lipinski definition) is 2. The van der Waals surface area contributed by atoms with Gasteiger partial charge in [-0.25, -0.2) is 5.01 Å². The van der Waals surface area contributed by atoms with Crippen molar-refractivity contribution in [3.05, 3.63) is 41.6 Å². The molecule has 0 aliphatic carbocycles. The summed E-state index contributed by atoms with van der Waals surface area (Å²) in [5, 5.41) is 3.94. The molecule has 1 aliphatic heterocycles. The number of hydrazine groups is 1. The molecular formula is C17H19N3O2. The summed E-state index contributed by atoms with van der Waals surface area (Å²) in [7, 11) is 1.64. The number of rotatable bonds is 4. The van der Waals surface area contributed by atoms with Gasteiger partial charge in [0.05, 0.1) is 0 Å². The lowest BCUT2D eigenvalue weighted by molar-refractivity contribution is -0.143. The van der Waals surface area contributed by atoms with Crippen LogP contribution in [0.15, 0.2) is 36.0 Å². The number of para-hydroxylation sites is 1. The number of H-pyrrole nitrogens is 1. The Bertz CT molecular complexity index is 760. The lowest BCUT2D eigenvalue weighted by Gasteiger charge is -2.22. The minimum Gasteiger partial charge on any atom is -0.361 e. The van der Waals surface area contributed by atoms with Crippen LogP contribution in [0.3, 0.4) is 0 Å². The summed E-state index contributed by atoms with van der Waals surface area (Å²) in [5.41, 5.74) is 2.07. The first-order chi connectivity index (χ1) is 10.6. The summed E-state index contributed by atoms with van der Waals surface area (Å²) < 4.78 is 0. The van der Waals surface area contributed by atoms with Gasteiger partial charge < -0.3 is 4.98 Å². The monoisotopic (exact) mass is 297 g/mol.